The molecule has 3 nitrogen and oxygen atoms in total. The Hall–Kier alpha value is -5.40. The van der Waals surface area contributed by atoms with Crippen LogP contribution in [0.25, 0.3) is 76.1 Å². The van der Waals surface area contributed by atoms with E-state index in [0.717, 1.165) is 54.7 Å². The molecule has 0 bridgehead atoms. The summed E-state index contributed by atoms with van der Waals surface area (Å²) in [6.45, 7) is 6.13. The summed E-state index contributed by atoms with van der Waals surface area (Å²) in [6.07, 6.45) is 0. The van der Waals surface area contributed by atoms with E-state index in [1.807, 2.05) is 56.3 Å². The van der Waals surface area contributed by atoms with Gasteiger partial charge >= 0.3 is 15.6 Å². The predicted molar refractivity (Wildman–Crippen MR) is 195 cm³/mol. The van der Waals surface area contributed by atoms with Gasteiger partial charge in [0.05, 0.1) is 0 Å². The van der Waals surface area contributed by atoms with Gasteiger partial charge in [-0.1, -0.05) is 97.1 Å². The molecule has 0 aliphatic rings. The van der Waals surface area contributed by atoms with Crippen LogP contribution in [0.5, 0.6) is 5.75 Å². The molecular weight excluding hydrogens is 642 g/mol. The first kappa shape index (κ1) is 30.9. The van der Waals surface area contributed by atoms with Gasteiger partial charge in [0.15, 0.2) is 5.75 Å². The standard InChI is InChI=1S/C42H29F3O3S/c1-24-10-8-15-33-31-13-6-4-11-27(31)22-37(40(24)33)29-18-19-30-25(2)20-35(26(3)36(30)21-29)38-23-28-12-5-7-14-32(28)34-16-9-17-39(41(34)38)48-49(46,47)42(43,44)45/h4-23H,1-3H3. The summed E-state index contributed by atoms with van der Waals surface area (Å²) in [7, 11) is -5.92. The highest BCUT2D eigenvalue weighted by Crippen LogP contribution is 2.45. The minimum Gasteiger partial charge on any atom is -0.375 e. The lowest BCUT2D eigenvalue weighted by Gasteiger charge is -2.19. The number of hydrogen-bond acceptors (Lipinski definition) is 3. The Balaban J connectivity index is 1.43. The Morgan fingerprint density at radius 2 is 1.10 bits per heavy atom. The van der Waals surface area contributed by atoms with Crippen LogP contribution < -0.4 is 4.18 Å². The Kier molecular flexibility index (Phi) is 6.98. The molecule has 0 fully saturated rings. The van der Waals surface area contributed by atoms with Crippen LogP contribution in [0.2, 0.25) is 0 Å². The molecule has 0 aliphatic heterocycles. The first-order chi connectivity index (χ1) is 23.4. The third-order valence-corrected chi connectivity index (χ3v) is 10.6. The fraction of sp³-hybridized carbons (Fsp3) is 0.0952. The highest BCUT2D eigenvalue weighted by molar-refractivity contribution is 7.88. The zero-order chi connectivity index (χ0) is 34.2. The molecule has 0 radical (unpaired) electrons. The maximum Gasteiger partial charge on any atom is 0.534 e. The average molecular weight is 671 g/mol. The van der Waals surface area contributed by atoms with E-state index in [4.69, 9.17) is 4.18 Å². The lowest BCUT2D eigenvalue weighted by Crippen LogP contribution is -2.28. The van der Waals surface area contributed by atoms with Crippen LogP contribution in [0.15, 0.2) is 121 Å². The van der Waals surface area contributed by atoms with Crippen LogP contribution >= 0.6 is 0 Å². The Bertz CT molecular complexity index is 2780. The van der Waals surface area contributed by atoms with Crippen LogP contribution in [0.4, 0.5) is 13.2 Å². The smallest absolute Gasteiger partial charge is 0.375 e. The Morgan fingerprint density at radius 3 is 1.78 bits per heavy atom. The van der Waals surface area contributed by atoms with Gasteiger partial charge in [-0.05, 0) is 132 Å². The van der Waals surface area contributed by atoms with Crippen molar-refractivity contribution in [3.05, 3.63) is 138 Å². The average Bonchev–Trinajstić information content (AvgIpc) is 3.08. The molecule has 0 atom stereocenters. The summed E-state index contributed by atoms with van der Waals surface area (Å²) in [5.41, 5.74) is 0.992. The minimum absolute atomic E-state index is 0.295. The topological polar surface area (TPSA) is 43.4 Å². The van der Waals surface area contributed by atoms with Crippen LogP contribution in [0, 0.1) is 20.8 Å². The van der Waals surface area contributed by atoms with E-state index in [0.29, 0.717) is 16.3 Å². The van der Waals surface area contributed by atoms with E-state index in [9.17, 15) is 21.6 Å². The molecule has 49 heavy (non-hydrogen) atoms. The molecule has 0 heterocycles. The van der Waals surface area contributed by atoms with Crippen molar-refractivity contribution in [3.63, 3.8) is 0 Å². The van der Waals surface area contributed by atoms with Crippen LogP contribution in [-0.4, -0.2) is 13.9 Å². The predicted octanol–water partition coefficient (Wildman–Crippen LogP) is 11.9. The van der Waals surface area contributed by atoms with Crippen molar-refractivity contribution in [2.24, 2.45) is 0 Å². The first-order valence-corrected chi connectivity index (χ1v) is 17.2. The fourth-order valence-electron chi connectivity index (χ4n) is 7.34. The summed E-state index contributed by atoms with van der Waals surface area (Å²) in [6, 6.07) is 39.5. The van der Waals surface area contributed by atoms with E-state index in [-0.39, 0.29) is 5.75 Å². The number of benzene rings is 8. The van der Waals surface area contributed by atoms with Crippen molar-refractivity contribution in [1.29, 1.82) is 0 Å². The maximum atomic E-state index is 13.6. The number of aryl methyl sites for hydroxylation is 3. The fourth-order valence-corrected chi connectivity index (χ4v) is 7.81. The molecule has 0 saturated carbocycles. The molecule has 0 aromatic heterocycles. The van der Waals surface area contributed by atoms with Crippen molar-refractivity contribution in [2.75, 3.05) is 0 Å². The van der Waals surface area contributed by atoms with Gasteiger partial charge < -0.3 is 4.18 Å². The van der Waals surface area contributed by atoms with Crippen molar-refractivity contribution in [1.82, 2.24) is 0 Å². The monoisotopic (exact) mass is 670 g/mol. The molecule has 242 valence electrons. The van der Waals surface area contributed by atoms with E-state index < -0.39 is 15.6 Å². The second-order valence-corrected chi connectivity index (χ2v) is 14.1. The molecule has 0 N–H and O–H groups in total. The SMILES string of the molecule is Cc1cc(-c2cc3ccccc3c3cccc(OS(=O)(=O)C(F)(F)F)c23)c(C)c2cc(-c3cc4ccccc4c4cccc(C)c34)ccc12. The maximum absolute atomic E-state index is 13.6. The quantitative estimate of drug-likeness (QED) is 0.106. The van der Waals surface area contributed by atoms with Crippen molar-refractivity contribution in [2.45, 2.75) is 26.3 Å². The summed E-state index contributed by atoms with van der Waals surface area (Å²) in [5.74, 6) is -0.375. The highest BCUT2D eigenvalue weighted by atomic mass is 32.2. The number of halogens is 3. The van der Waals surface area contributed by atoms with E-state index >= 15 is 0 Å². The summed E-state index contributed by atoms with van der Waals surface area (Å²) < 4.78 is 70.1. The van der Waals surface area contributed by atoms with Gasteiger partial charge in [0.2, 0.25) is 0 Å². The lowest BCUT2D eigenvalue weighted by atomic mass is 9.86. The zero-order valence-corrected chi connectivity index (χ0v) is 27.6. The first-order valence-electron chi connectivity index (χ1n) is 15.8. The Labute approximate surface area is 281 Å². The summed E-state index contributed by atoms with van der Waals surface area (Å²) >= 11 is 0. The third-order valence-electron chi connectivity index (χ3n) is 9.64. The van der Waals surface area contributed by atoms with Gasteiger partial charge in [-0.25, -0.2) is 0 Å². The summed E-state index contributed by atoms with van der Waals surface area (Å²) in [4.78, 5) is 0. The third kappa shape index (κ3) is 4.91. The second kappa shape index (κ2) is 11.1. The van der Waals surface area contributed by atoms with Crippen LogP contribution in [0.1, 0.15) is 16.7 Å². The van der Waals surface area contributed by atoms with Gasteiger partial charge in [-0.15, -0.1) is 0 Å². The molecule has 7 heteroatoms. The molecule has 0 aliphatic carbocycles. The van der Waals surface area contributed by atoms with Gasteiger partial charge in [-0.3, -0.25) is 0 Å². The van der Waals surface area contributed by atoms with Crippen molar-refractivity contribution in [3.8, 4) is 28.0 Å². The van der Waals surface area contributed by atoms with E-state index in [1.54, 1.807) is 6.07 Å². The molecule has 8 aromatic carbocycles. The van der Waals surface area contributed by atoms with E-state index in [1.165, 1.54) is 33.9 Å². The van der Waals surface area contributed by atoms with Crippen molar-refractivity contribution >= 4 is 64.0 Å². The largest absolute Gasteiger partial charge is 0.534 e. The number of rotatable bonds is 4. The lowest BCUT2D eigenvalue weighted by molar-refractivity contribution is -0.0499. The Morgan fingerprint density at radius 1 is 0.510 bits per heavy atom. The van der Waals surface area contributed by atoms with Crippen LogP contribution in [0.3, 0.4) is 0 Å². The zero-order valence-electron chi connectivity index (χ0n) is 26.8. The van der Waals surface area contributed by atoms with Gasteiger partial charge in [0, 0.05) is 5.39 Å². The molecular formula is C42H29F3O3S. The van der Waals surface area contributed by atoms with Crippen molar-refractivity contribution < 1.29 is 25.8 Å². The minimum atomic E-state index is -5.92. The molecule has 8 rings (SSSR count). The molecule has 0 amide bonds. The van der Waals surface area contributed by atoms with Crippen LogP contribution in [-0.2, 0) is 10.1 Å². The molecule has 0 saturated heterocycles. The van der Waals surface area contributed by atoms with Gasteiger partial charge in [0.25, 0.3) is 0 Å². The summed E-state index contributed by atoms with van der Waals surface area (Å²) in [5, 5.41) is 9.25. The van der Waals surface area contributed by atoms with E-state index in [2.05, 4.69) is 67.6 Å². The van der Waals surface area contributed by atoms with Gasteiger partial charge in [-0.2, -0.15) is 21.6 Å². The normalized spacial score (nSPS) is 12.4. The second-order valence-electron chi connectivity index (χ2n) is 12.6. The van der Waals surface area contributed by atoms with Gasteiger partial charge in [0.1, 0.15) is 0 Å². The molecule has 0 spiro atoms. The number of alkyl halides is 3. The molecule has 8 aromatic rings. The number of fused-ring (bicyclic) bond motifs is 7. The molecule has 0 unspecified atom stereocenters. The highest BCUT2D eigenvalue weighted by Gasteiger charge is 2.48. The number of hydrogen-bond donors (Lipinski definition) is 0.